The van der Waals surface area contributed by atoms with Gasteiger partial charge < -0.3 is 5.32 Å². The highest BCUT2D eigenvalue weighted by molar-refractivity contribution is 8.00. The van der Waals surface area contributed by atoms with E-state index in [2.05, 4.69) is 5.32 Å². The van der Waals surface area contributed by atoms with Crippen molar-refractivity contribution in [3.8, 4) is 0 Å². The third-order valence-electron chi connectivity index (χ3n) is 4.34. The quantitative estimate of drug-likeness (QED) is 0.915. The zero-order valence-corrected chi connectivity index (χ0v) is 14.1. The molecule has 1 aromatic rings. The van der Waals surface area contributed by atoms with Crippen LogP contribution in [0, 0.1) is 5.92 Å². The maximum atomic E-state index is 12.3. The number of hydrogen-bond donors (Lipinski definition) is 1. The molecule has 2 aliphatic rings. The zero-order valence-electron chi connectivity index (χ0n) is 12.5. The lowest BCUT2D eigenvalue weighted by molar-refractivity contribution is -0.119. The molecule has 1 saturated heterocycles. The molecule has 1 aromatic carbocycles. The molecule has 0 radical (unpaired) electrons. The molecule has 1 aliphatic heterocycles. The average molecular weight is 339 g/mol. The van der Waals surface area contributed by atoms with Gasteiger partial charge >= 0.3 is 0 Å². The topological polar surface area (TPSA) is 63.2 Å². The first kappa shape index (κ1) is 15.9. The average Bonchev–Trinajstić information content (AvgIpc) is 3.10. The fourth-order valence-electron chi connectivity index (χ4n) is 3.10. The molecule has 1 heterocycles. The van der Waals surface area contributed by atoms with Gasteiger partial charge in [-0.2, -0.15) is 0 Å². The molecule has 1 amide bonds. The van der Waals surface area contributed by atoms with E-state index in [1.54, 1.807) is 0 Å². The summed E-state index contributed by atoms with van der Waals surface area (Å²) >= 11 is 1.83. The van der Waals surface area contributed by atoms with E-state index in [-0.39, 0.29) is 17.4 Å². The Morgan fingerprint density at radius 2 is 1.86 bits per heavy atom. The first-order valence-corrected chi connectivity index (χ1v) is 10.5. The van der Waals surface area contributed by atoms with Crippen LogP contribution in [0.1, 0.15) is 32.1 Å². The number of amides is 1. The number of hydrogen-bond acceptors (Lipinski definition) is 4. The van der Waals surface area contributed by atoms with Crippen LogP contribution >= 0.6 is 11.8 Å². The molecule has 1 saturated carbocycles. The zero-order chi connectivity index (χ0) is 15.6. The van der Waals surface area contributed by atoms with Gasteiger partial charge in [0, 0.05) is 10.1 Å². The van der Waals surface area contributed by atoms with Gasteiger partial charge in [-0.05, 0) is 31.4 Å². The lowest BCUT2D eigenvalue weighted by Gasteiger charge is -2.15. The second-order valence-corrected chi connectivity index (χ2v) is 9.68. The SMILES string of the molecule is O=C(Nc1ccccc1SC1CCCC1)[C@@H]1CCS(=O)(=O)C1. The van der Waals surface area contributed by atoms with Gasteiger partial charge in [0.15, 0.2) is 9.84 Å². The van der Waals surface area contributed by atoms with Crippen LogP contribution in [0.3, 0.4) is 0 Å². The van der Waals surface area contributed by atoms with Gasteiger partial charge in [0.25, 0.3) is 0 Å². The van der Waals surface area contributed by atoms with E-state index in [1.165, 1.54) is 25.7 Å². The lowest BCUT2D eigenvalue weighted by atomic mass is 10.1. The van der Waals surface area contributed by atoms with E-state index < -0.39 is 15.8 Å². The molecular formula is C16H21NO3S2. The van der Waals surface area contributed by atoms with Gasteiger partial charge in [-0.25, -0.2) is 8.42 Å². The van der Waals surface area contributed by atoms with E-state index in [0.717, 1.165) is 10.6 Å². The van der Waals surface area contributed by atoms with Crippen molar-refractivity contribution in [1.29, 1.82) is 0 Å². The molecule has 1 aliphatic carbocycles. The fraction of sp³-hybridized carbons (Fsp3) is 0.562. The van der Waals surface area contributed by atoms with Gasteiger partial charge in [-0.1, -0.05) is 25.0 Å². The van der Waals surface area contributed by atoms with Gasteiger partial charge in [-0.3, -0.25) is 4.79 Å². The van der Waals surface area contributed by atoms with Crippen LogP contribution < -0.4 is 5.32 Å². The molecule has 0 unspecified atom stereocenters. The van der Waals surface area contributed by atoms with E-state index in [9.17, 15) is 13.2 Å². The minimum absolute atomic E-state index is 0.0171. The summed E-state index contributed by atoms with van der Waals surface area (Å²) in [5, 5.41) is 3.57. The number of anilines is 1. The second-order valence-electron chi connectivity index (χ2n) is 6.11. The van der Waals surface area contributed by atoms with Gasteiger partial charge in [0.05, 0.1) is 23.1 Å². The van der Waals surface area contributed by atoms with E-state index in [1.807, 2.05) is 36.0 Å². The minimum atomic E-state index is -3.03. The summed E-state index contributed by atoms with van der Waals surface area (Å²) in [6.07, 6.45) is 5.46. The lowest BCUT2D eigenvalue weighted by Crippen LogP contribution is -2.24. The van der Waals surface area contributed by atoms with Crippen LogP contribution in [0.5, 0.6) is 0 Å². The van der Waals surface area contributed by atoms with Crippen molar-refractivity contribution in [2.75, 3.05) is 16.8 Å². The highest BCUT2D eigenvalue weighted by Crippen LogP contribution is 2.38. The molecule has 0 bridgehead atoms. The van der Waals surface area contributed by atoms with Crippen LogP contribution in [-0.4, -0.2) is 31.1 Å². The molecule has 6 heteroatoms. The summed E-state index contributed by atoms with van der Waals surface area (Å²) < 4.78 is 23.0. The number of benzene rings is 1. The number of carbonyl (C=O) groups excluding carboxylic acids is 1. The number of carbonyl (C=O) groups is 1. The summed E-state index contributed by atoms with van der Waals surface area (Å²) in [5.41, 5.74) is 0.814. The molecule has 120 valence electrons. The Bertz CT molecular complexity index is 651. The standard InChI is InChI=1S/C16H21NO3S2/c18-16(12-9-10-22(19,20)11-12)17-14-7-3-4-8-15(14)21-13-5-1-2-6-13/h3-4,7-8,12-13H,1-2,5-6,9-11H2,(H,17,18)/t12-/m1/s1. The van der Waals surface area contributed by atoms with Crippen molar-refractivity contribution in [2.45, 2.75) is 42.2 Å². The maximum absolute atomic E-state index is 12.3. The van der Waals surface area contributed by atoms with Crippen molar-refractivity contribution in [3.63, 3.8) is 0 Å². The Morgan fingerprint density at radius 3 is 2.55 bits per heavy atom. The maximum Gasteiger partial charge on any atom is 0.228 e. The van der Waals surface area contributed by atoms with E-state index >= 15 is 0 Å². The molecule has 0 aromatic heterocycles. The van der Waals surface area contributed by atoms with Gasteiger partial charge in [0.2, 0.25) is 5.91 Å². The second kappa shape index (κ2) is 6.62. The number of sulfone groups is 1. The van der Waals surface area contributed by atoms with E-state index in [0.29, 0.717) is 11.7 Å². The van der Waals surface area contributed by atoms with Crippen LogP contribution in [0.4, 0.5) is 5.69 Å². The largest absolute Gasteiger partial charge is 0.325 e. The van der Waals surface area contributed by atoms with E-state index in [4.69, 9.17) is 0 Å². The van der Waals surface area contributed by atoms with Crippen molar-refractivity contribution < 1.29 is 13.2 Å². The fourth-order valence-corrected chi connectivity index (χ4v) is 6.17. The Morgan fingerprint density at radius 1 is 1.14 bits per heavy atom. The summed E-state index contributed by atoms with van der Waals surface area (Å²) in [5.74, 6) is -0.463. The summed E-state index contributed by atoms with van der Waals surface area (Å²) in [7, 11) is -3.03. The monoisotopic (exact) mass is 339 g/mol. The van der Waals surface area contributed by atoms with Crippen molar-refractivity contribution in [3.05, 3.63) is 24.3 Å². The highest BCUT2D eigenvalue weighted by atomic mass is 32.2. The first-order chi connectivity index (χ1) is 10.5. The molecule has 0 spiro atoms. The van der Waals surface area contributed by atoms with Crippen molar-refractivity contribution in [2.24, 2.45) is 5.92 Å². The van der Waals surface area contributed by atoms with Crippen molar-refractivity contribution in [1.82, 2.24) is 0 Å². The summed E-state index contributed by atoms with van der Waals surface area (Å²) in [4.78, 5) is 13.4. The molecule has 22 heavy (non-hydrogen) atoms. The third-order valence-corrected chi connectivity index (χ3v) is 7.53. The predicted molar refractivity (Wildman–Crippen MR) is 89.9 cm³/mol. The van der Waals surface area contributed by atoms with Crippen LogP contribution in [0.15, 0.2) is 29.2 Å². The summed E-state index contributed by atoms with van der Waals surface area (Å²) in [6, 6.07) is 7.81. The molecular weight excluding hydrogens is 318 g/mol. The Kier molecular flexibility index (Phi) is 4.78. The Labute approximate surface area is 136 Å². The smallest absolute Gasteiger partial charge is 0.228 e. The number of para-hydroxylation sites is 1. The molecule has 4 nitrogen and oxygen atoms in total. The molecule has 3 rings (SSSR count). The number of rotatable bonds is 4. The molecule has 1 atom stereocenters. The van der Waals surface area contributed by atoms with Gasteiger partial charge in [0.1, 0.15) is 0 Å². The molecule has 2 fully saturated rings. The minimum Gasteiger partial charge on any atom is -0.325 e. The number of thioether (sulfide) groups is 1. The normalized spacial score (nSPS) is 24.5. The third kappa shape index (κ3) is 3.84. The van der Waals surface area contributed by atoms with Crippen LogP contribution in [0.25, 0.3) is 0 Å². The Hall–Kier alpha value is -1.01. The van der Waals surface area contributed by atoms with Crippen molar-refractivity contribution >= 4 is 33.2 Å². The van der Waals surface area contributed by atoms with Crippen LogP contribution in [-0.2, 0) is 14.6 Å². The summed E-state index contributed by atoms with van der Waals surface area (Å²) in [6.45, 7) is 0. The van der Waals surface area contributed by atoms with Gasteiger partial charge in [-0.15, -0.1) is 11.8 Å². The predicted octanol–water partition coefficient (Wildman–Crippen LogP) is 3.09. The first-order valence-electron chi connectivity index (χ1n) is 7.80. The Balaban J connectivity index is 1.68. The highest BCUT2D eigenvalue weighted by Gasteiger charge is 2.33. The molecule has 1 N–H and O–H groups in total. The van der Waals surface area contributed by atoms with Crippen LogP contribution in [0.2, 0.25) is 0 Å². The number of nitrogens with one attached hydrogen (secondary N) is 1.